The highest BCUT2D eigenvalue weighted by Crippen LogP contribution is 2.90. The highest BCUT2D eigenvalue weighted by Gasteiger charge is 2.83. The zero-order chi connectivity index (χ0) is 23.8. The number of allylic oxidation sites excluding steroid dienone is 3. The van der Waals surface area contributed by atoms with Gasteiger partial charge in [0.1, 0.15) is 0 Å². The molecule has 184 valence electrons. The van der Waals surface area contributed by atoms with E-state index in [2.05, 4.69) is 61.1 Å². The number of aliphatic hydroxyl groups is 1. The number of hydrogen-bond acceptors (Lipinski definition) is 1. The van der Waals surface area contributed by atoms with Crippen molar-refractivity contribution in [2.24, 2.45) is 56.2 Å². The van der Waals surface area contributed by atoms with Gasteiger partial charge >= 0.3 is 0 Å². The van der Waals surface area contributed by atoms with Crippen molar-refractivity contribution in [1.29, 1.82) is 0 Å². The molecule has 2 spiro atoms. The summed E-state index contributed by atoms with van der Waals surface area (Å²) in [6, 6.07) is 0. The summed E-state index contributed by atoms with van der Waals surface area (Å²) in [5, 5.41) is 10.9. The zero-order valence-corrected chi connectivity index (χ0v) is 22.7. The first-order valence-electron chi connectivity index (χ1n) is 14.4. The van der Waals surface area contributed by atoms with Crippen molar-refractivity contribution < 1.29 is 5.11 Å². The molecule has 10 atom stereocenters. The van der Waals surface area contributed by atoms with E-state index >= 15 is 0 Å². The maximum Gasteiger partial charge on any atom is 0.0594 e. The Labute approximate surface area is 203 Å². The molecule has 33 heavy (non-hydrogen) atoms. The van der Waals surface area contributed by atoms with Gasteiger partial charge in [0, 0.05) is 0 Å². The van der Waals surface area contributed by atoms with E-state index in [9.17, 15) is 5.11 Å². The Balaban J connectivity index is 1.47. The second-order valence-electron chi connectivity index (χ2n) is 15.2. The molecule has 0 amide bonds. The van der Waals surface area contributed by atoms with Gasteiger partial charge in [-0.3, -0.25) is 0 Å². The molecule has 6 rings (SSSR count). The maximum absolute atomic E-state index is 10.9. The van der Waals surface area contributed by atoms with Crippen LogP contribution < -0.4 is 0 Å². The first-order valence-corrected chi connectivity index (χ1v) is 14.4. The van der Waals surface area contributed by atoms with Crippen LogP contribution in [0.3, 0.4) is 0 Å². The summed E-state index contributed by atoms with van der Waals surface area (Å²) in [5.41, 5.74) is 5.44. The molecular weight excluding hydrogens is 400 g/mol. The molecule has 0 aliphatic heterocycles. The molecule has 1 nitrogen and oxygen atoms in total. The van der Waals surface area contributed by atoms with E-state index in [1.54, 1.807) is 0 Å². The molecule has 1 heteroatoms. The van der Waals surface area contributed by atoms with Crippen molar-refractivity contribution in [2.75, 3.05) is 0 Å². The van der Waals surface area contributed by atoms with Crippen molar-refractivity contribution >= 4 is 0 Å². The number of rotatable bonds is 1. The summed E-state index contributed by atoms with van der Waals surface area (Å²) in [4.78, 5) is 0. The second-order valence-corrected chi connectivity index (χ2v) is 15.2. The topological polar surface area (TPSA) is 20.2 Å². The average molecular weight is 451 g/mol. The van der Waals surface area contributed by atoms with Crippen LogP contribution >= 0.6 is 0 Å². The van der Waals surface area contributed by atoms with Gasteiger partial charge in [-0.1, -0.05) is 65.3 Å². The van der Waals surface area contributed by atoms with Gasteiger partial charge in [0.25, 0.3) is 0 Å². The van der Waals surface area contributed by atoms with E-state index in [1.165, 1.54) is 63.4 Å². The van der Waals surface area contributed by atoms with Crippen LogP contribution in [-0.4, -0.2) is 11.2 Å². The predicted molar refractivity (Wildman–Crippen MR) is 138 cm³/mol. The van der Waals surface area contributed by atoms with Crippen LogP contribution in [-0.2, 0) is 0 Å². The Morgan fingerprint density at radius 1 is 0.970 bits per heavy atom. The molecule has 0 aromatic rings. The molecule has 6 aliphatic rings. The molecule has 0 radical (unpaired) electrons. The van der Waals surface area contributed by atoms with E-state index in [-0.39, 0.29) is 11.5 Å². The van der Waals surface area contributed by atoms with Crippen LogP contribution in [0.15, 0.2) is 23.8 Å². The van der Waals surface area contributed by atoms with E-state index < -0.39 is 0 Å². The molecule has 6 aliphatic carbocycles. The van der Waals surface area contributed by atoms with Crippen LogP contribution in [0.1, 0.15) is 113 Å². The molecule has 0 aromatic heterocycles. The monoisotopic (exact) mass is 450 g/mol. The Kier molecular flexibility index (Phi) is 4.44. The first-order chi connectivity index (χ1) is 15.3. The van der Waals surface area contributed by atoms with Gasteiger partial charge in [-0.05, 0) is 127 Å². The number of aliphatic hydroxyl groups excluding tert-OH is 1. The molecule has 0 heterocycles. The largest absolute Gasteiger partial charge is 0.393 e. The van der Waals surface area contributed by atoms with E-state index in [4.69, 9.17) is 0 Å². The van der Waals surface area contributed by atoms with E-state index in [1.807, 2.05) is 5.57 Å². The Morgan fingerprint density at radius 2 is 1.70 bits per heavy atom. The summed E-state index contributed by atoms with van der Waals surface area (Å²) in [6.07, 6.45) is 15.9. The van der Waals surface area contributed by atoms with Crippen molar-refractivity contribution in [2.45, 2.75) is 119 Å². The summed E-state index contributed by atoms with van der Waals surface area (Å²) in [6.45, 7) is 22.3. The Hall–Kier alpha value is -0.560. The Bertz CT molecular complexity index is 927. The summed E-state index contributed by atoms with van der Waals surface area (Å²) in [5.74, 6) is 2.97. The third-order valence-electron chi connectivity index (χ3n) is 14.6. The van der Waals surface area contributed by atoms with Crippen LogP contribution in [0.5, 0.6) is 0 Å². The molecule has 5 fully saturated rings. The quantitative estimate of drug-likeness (QED) is 0.398. The highest BCUT2D eigenvalue weighted by molar-refractivity contribution is 5.43. The normalized spacial score (nSPS) is 58.5. The molecule has 5 saturated carbocycles. The van der Waals surface area contributed by atoms with E-state index in [0.29, 0.717) is 38.9 Å². The van der Waals surface area contributed by atoms with Gasteiger partial charge in [0.2, 0.25) is 0 Å². The Morgan fingerprint density at radius 3 is 2.39 bits per heavy atom. The fourth-order valence-electron chi connectivity index (χ4n) is 12.0. The van der Waals surface area contributed by atoms with Crippen LogP contribution in [0, 0.1) is 56.2 Å². The SMILES string of the molecule is C=C(C)C12CCC(C)C(C)C1C1=CCC34CC35CCC(O)C(C)(C)C5CCC4(C)C1(C)CC2. The fraction of sp³-hybridized carbons (Fsp3) is 0.875. The van der Waals surface area contributed by atoms with Crippen molar-refractivity contribution in [3.63, 3.8) is 0 Å². The minimum atomic E-state index is -0.115. The molecular formula is C32H50O. The standard InChI is InChI=1S/C32H50O/c1-20(2)30-14-9-21(3)22(4)26(30)23-10-16-32-19-31(32)15-12-25(33)27(5,6)24(31)11-13-29(32,8)28(23,7)17-18-30/h10,21-22,24-26,33H,1,9,11-19H2,2-8H3. The molecule has 0 aromatic carbocycles. The lowest BCUT2D eigenvalue weighted by atomic mass is 9.35. The minimum Gasteiger partial charge on any atom is -0.393 e. The molecule has 10 unspecified atom stereocenters. The van der Waals surface area contributed by atoms with Crippen LogP contribution in [0.2, 0.25) is 0 Å². The molecule has 0 bridgehead atoms. The smallest absolute Gasteiger partial charge is 0.0594 e. The number of hydrogen-bond donors (Lipinski definition) is 1. The summed E-state index contributed by atoms with van der Waals surface area (Å²) in [7, 11) is 0. The summed E-state index contributed by atoms with van der Waals surface area (Å²) < 4.78 is 0. The van der Waals surface area contributed by atoms with Crippen LogP contribution in [0.4, 0.5) is 0 Å². The third-order valence-corrected chi connectivity index (χ3v) is 14.6. The third kappa shape index (κ3) is 2.28. The number of fused-ring (bicyclic) bond motifs is 4. The molecule has 1 N–H and O–H groups in total. The summed E-state index contributed by atoms with van der Waals surface area (Å²) >= 11 is 0. The van der Waals surface area contributed by atoms with E-state index in [0.717, 1.165) is 18.3 Å². The first kappa shape index (κ1) is 22.9. The van der Waals surface area contributed by atoms with Crippen molar-refractivity contribution in [3.05, 3.63) is 23.8 Å². The lowest BCUT2D eigenvalue weighted by Gasteiger charge is -2.69. The maximum atomic E-state index is 10.9. The minimum absolute atomic E-state index is 0.0724. The highest BCUT2D eigenvalue weighted by atomic mass is 16.3. The van der Waals surface area contributed by atoms with Gasteiger partial charge in [-0.15, -0.1) is 0 Å². The average Bonchev–Trinajstić information content (AvgIpc) is 3.42. The molecule has 0 saturated heterocycles. The lowest BCUT2D eigenvalue weighted by molar-refractivity contribution is -0.161. The van der Waals surface area contributed by atoms with Gasteiger partial charge in [-0.25, -0.2) is 0 Å². The van der Waals surface area contributed by atoms with Gasteiger partial charge < -0.3 is 5.11 Å². The van der Waals surface area contributed by atoms with Crippen molar-refractivity contribution in [3.8, 4) is 0 Å². The fourth-order valence-corrected chi connectivity index (χ4v) is 12.0. The van der Waals surface area contributed by atoms with Crippen molar-refractivity contribution in [1.82, 2.24) is 0 Å². The second kappa shape index (κ2) is 6.41. The van der Waals surface area contributed by atoms with Crippen LogP contribution in [0.25, 0.3) is 0 Å². The zero-order valence-electron chi connectivity index (χ0n) is 22.7. The van der Waals surface area contributed by atoms with Gasteiger partial charge in [0.05, 0.1) is 6.10 Å². The van der Waals surface area contributed by atoms with Gasteiger partial charge in [-0.2, -0.15) is 0 Å². The van der Waals surface area contributed by atoms with Gasteiger partial charge in [0.15, 0.2) is 0 Å². The predicted octanol–water partition coefficient (Wildman–Crippen LogP) is 8.34. The lowest BCUT2D eigenvalue weighted by Crippen LogP contribution is -2.62.